The maximum Gasteiger partial charge on any atom is 0.303 e. The lowest BCUT2D eigenvalue weighted by atomic mass is 10.1. The number of pyridine rings is 1. The second-order valence-corrected chi connectivity index (χ2v) is 9.46. The van der Waals surface area contributed by atoms with Gasteiger partial charge in [0.15, 0.2) is 11.5 Å². The van der Waals surface area contributed by atoms with Crippen LogP contribution in [0.5, 0.6) is 11.5 Å². The average molecular weight is 478 g/mol. The number of aryl methyl sites for hydroxylation is 1. The second-order valence-electron chi connectivity index (χ2n) is 7.64. The van der Waals surface area contributed by atoms with E-state index in [9.17, 15) is 18.0 Å². The predicted octanol–water partition coefficient (Wildman–Crippen LogP) is 3.25. The molecule has 3 heterocycles. The Morgan fingerprint density at radius 2 is 1.82 bits per heavy atom. The summed E-state index contributed by atoms with van der Waals surface area (Å²) < 4.78 is 39.2. The third kappa shape index (κ3) is 3.77. The van der Waals surface area contributed by atoms with Gasteiger partial charge in [-0.15, -0.1) is 0 Å². The molecule has 0 bridgehead atoms. The van der Waals surface area contributed by atoms with Crippen LogP contribution in [0.1, 0.15) is 28.0 Å². The predicted molar refractivity (Wildman–Crippen MR) is 121 cm³/mol. The first-order valence-electron chi connectivity index (χ1n) is 10.3. The van der Waals surface area contributed by atoms with Crippen molar-refractivity contribution in [3.63, 3.8) is 0 Å². The van der Waals surface area contributed by atoms with Gasteiger partial charge in [-0.3, -0.25) is 14.6 Å². The van der Waals surface area contributed by atoms with Crippen LogP contribution in [-0.2, 0) is 21.2 Å². The van der Waals surface area contributed by atoms with E-state index in [2.05, 4.69) is 4.98 Å². The molecular weight excluding hydrogens is 460 g/mol. The highest BCUT2D eigenvalue weighted by Crippen LogP contribution is 2.39. The molecule has 0 amide bonds. The van der Waals surface area contributed by atoms with E-state index in [0.717, 1.165) is 3.97 Å². The van der Waals surface area contributed by atoms with Gasteiger partial charge in [-0.25, -0.2) is 12.4 Å². The lowest BCUT2D eigenvalue weighted by Crippen LogP contribution is -2.13. The number of ether oxygens (including phenoxy) is 2. The lowest BCUT2D eigenvalue weighted by Gasteiger charge is -2.09. The number of ketones is 1. The number of carbonyl (C=O) groups is 2. The van der Waals surface area contributed by atoms with E-state index in [1.54, 1.807) is 30.3 Å². The number of hydrogen-bond donors (Lipinski definition) is 1. The third-order valence-electron chi connectivity index (χ3n) is 5.51. The molecule has 2 aromatic heterocycles. The van der Waals surface area contributed by atoms with Crippen molar-refractivity contribution in [3.05, 3.63) is 83.8 Å². The summed E-state index contributed by atoms with van der Waals surface area (Å²) in [7, 11) is -4.14. The van der Waals surface area contributed by atoms with E-state index in [-0.39, 0.29) is 35.8 Å². The van der Waals surface area contributed by atoms with E-state index in [0.29, 0.717) is 28.0 Å². The second kappa shape index (κ2) is 8.31. The summed E-state index contributed by atoms with van der Waals surface area (Å²) in [5, 5.41) is 9.67. The highest BCUT2D eigenvalue weighted by molar-refractivity contribution is 7.90. The molecule has 0 spiro atoms. The molecule has 1 aliphatic heterocycles. The number of carboxylic acids is 1. The van der Waals surface area contributed by atoms with Crippen molar-refractivity contribution in [2.45, 2.75) is 17.7 Å². The highest BCUT2D eigenvalue weighted by atomic mass is 32.2. The molecule has 1 aliphatic rings. The van der Waals surface area contributed by atoms with Gasteiger partial charge in [0.25, 0.3) is 10.0 Å². The molecule has 2 aromatic carbocycles. The third-order valence-corrected chi connectivity index (χ3v) is 7.18. The van der Waals surface area contributed by atoms with Crippen LogP contribution in [0.2, 0.25) is 0 Å². The Hall–Kier alpha value is -4.18. The van der Waals surface area contributed by atoms with Crippen molar-refractivity contribution in [2.24, 2.45) is 0 Å². The van der Waals surface area contributed by atoms with Crippen molar-refractivity contribution >= 4 is 32.7 Å². The molecule has 9 nitrogen and oxygen atoms in total. The molecule has 0 atom stereocenters. The van der Waals surface area contributed by atoms with Gasteiger partial charge >= 0.3 is 5.97 Å². The zero-order valence-electron chi connectivity index (χ0n) is 17.7. The number of hydrogen-bond acceptors (Lipinski definition) is 7. The molecule has 0 saturated carbocycles. The van der Waals surface area contributed by atoms with Gasteiger partial charge in [-0.05, 0) is 42.3 Å². The molecule has 0 fully saturated rings. The molecule has 4 aromatic rings. The molecular formula is C24H18N2O7S. The van der Waals surface area contributed by atoms with Crippen LogP contribution in [0.25, 0.3) is 10.9 Å². The topological polar surface area (TPSA) is 125 Å². The number of nitrogens with zero attached hydrogens (tertiary/aromatic N) is 2. The van der Waals surface area contributed by atoms with Gasteiger partial charge < -0.3 is 14.6 Å². The van der Waals surface area contributed by atoms with Crippen LogP contribution in [0.4, 0.5) is 0 Å². The minimum atomic E-state index is -4.14. The van der Waals surface area contributed by atoms with Crippen molar-refractivity contribution in [3.8, 4) is 11.5 Å². The lowest BCUT2D eigenvalue weighted by molar-refractivity contribution is -0.136. The minimum absolute atomic E-state index is 0.0107. The zero-order chi connectivity index (χ0) is 23.9. The first kappa shape index (κ1) is 21.7. The number of aliphatic carboxylic acids is 1. The summed E-state index contributed by atoms with van der Waals surface area (Å²) in [6.45, 7) is 0.0107. The van der Waals surface area contributed by atoms with E-state index in [4.69, 9.17) is 14.6 Å². The molecule has 0 radical (unpaired) electrons. The van der Waals surface area contributed by atoms with Crippen molar-refractivity contribution in [2.75, 3.05) is 6.79 Å². The average Bonchev–Trinajstić information content (AvgIpc) is 3.45. The van der Waals surface area contributed by atoms with Gasteiger partial charge in [0.05, 0.1) is 10.4 Å². The van der Waals surface area contributed by atoms with Crippen LogP contribution >= 0.6 is 0 Å². The smallest absolute Gasteiger partial charge is 0.303 e. The summed E-state index contributed by atoms with van der Waals surface area (Å²) in [6, 6.07) is 13.9. The fraction of sp³-hybridized carbons (Fsp3) is 0.125. The largest absolute Gasteiger partial charge is 0.481 e. The SMILES string of the molecule is O=C(O)CCc1cn(S(=O)(=O)c2cccc(C(=O)c3ccccn3)c2)c2cc3c(cc12)OCO3. The standard InChI is InChI=1S/C24H18N2O7S/c27-23(28)8-7-16-13-26(20-12-22-21(11-18(16)20)32-14-33-22)34(30,31)17-5-3-4-15(10-17)24(29)19-6-1-2-9-25-19/h1-6,9-13H,7-8,14H2,(H,27,28). The summed E-state index contributed by atoms with van der Waals surface area (Å²) in [5.74, 6) is -0.543. The molecule has 5 rings (SSSR count). The van der Waals surface area contributed by atoms with Crippen molar-refractivity contribution in [1.29, 1.82) is 0 Å². The van der Waals surface area contributed by atoms with E-state index >= 15 is 0 Å². The first-order chi connectivity index (χ1) is 16.3. The molecule has 1 N–H and O–H groups in total. The molecule has 34 heavy (non-hydrogen) atoms. The maximum atomic E-state index is 13.7. The van der Waals surface area contributed by atoms with Gasteiger partial charge in [0.1, 0.15) is 5.69 Å². The van der Waals surface area contributed by atoms with Gasteiger partial charge in [0, 0.05) is 35.8 Å². The van der Waals surface area contributed by atoms with Crippen LogP contribution in [0.15, 0.2) is 71.9 Å². The summed E-state index contributed by atoms with van der Waals surface area (Å²) in [4.78, 5) is 27.9. The van der Waals surface area contributed by atoms with Crippen LogP contribution < -0.4 is 9.47 Å². The maximum absolute atomic E-state index is 13.7. The Morgan fingerprint density at radius 1 is 1.03 bits per heavy atom. The van der Waals surface area contributed by atoms with Crippen LogP contribution in [-0.4, -0.2) is 41.0 Å². The summed E-state index contributed by atoms with van der Waals surface area (Å²) in [6.07, 6.45) is 2.86. The minimum Gasteiger partial charge on any atom is -0.481 e. The Morgan fingerprint density at radius 3 is 2.56 bits per heavy atom. The molecule has 10 heteroatoms. The Bertz CT molecular complexity index is 1540. The van der Waals surface area contributed by atoms with Gasteiger partial charge in [-0.2, -0.15) is 0 Å². The Labute approximate surface area is 194 Å². The summed E-state index contributed by atoms with van der Waals surface area (Å²) in [5.41, 5.74) is 1.25. The Kier molecular flexibility index (Phi) is 5.29. The number of fused-ring (bicyclic) bond motifs is 2. The fourth-order valence-electron chi connectivity index (χ4n) is 3.85. The van der Waals surface area contributed by atoms with E-state index < -0.39 is 21.8 Å². The normalized spacial score (nSPS) is 12.7. The van der Waals surface area contributed by atoms with Gasteiger partial charge in [0.2, 0.25) is 12.6 Å². The first-order valence-corrected chi connectivity index (χ1v) is 11.8. The number of carbonyl (C=O) groups excluding carboxylic acids is 1. The monoisotopic (exact) mass is 478 g/mol. The van der Waals surface area contributed by atoms with E-state index in [1.807, 2.05) is 0 Å². The summed E-state index contributed by atoms with van der Waals surface area (Å²) >= 11 is 0. The number of rotatable bonds is 7. The Balaban J connectivity index is 1.62. The zero-order valence-corrected chi connectivity index (χ0v) is 18.5. The van der Waals surface area contributed by atoms with Crippen molar-refractivity contribution < 1.29 is 32.6 Å². The molecule has 172 valence electrons. The van der Waals surface area contributed by atoms with Crippen molar-refractivity contribution in [1.82, 2.24) is 8.96 Å². The fourth-order valence-corrected chi connectivity index (χ4v) is 5.28. The quantitative estimate of drug-likeness (QED) is 0.401. The number of aromatic nitrogens is 2. The van der Waals surface area contributed by atoms with Gasteiger partial charge in [-0.1, -0.05) is 18.2 Å². The molecule has 0 aliphatic carbocycles. The number of benzene rings is 2. The van der Waals surface area contributed by atoms with E-state index in [1.165, 1.54) is 36.7 Å². The molecule has 0 saturated heterocycles. The molecule has 0 unspecified atom stereocenters. The number of carboxylic acid groups (broad SMARTS) is 1. The van der Waals surface area contributed by atoms with Crippen LogP contribution in [0, 0.1) is 0 Å². The van der Waals surface area contributed by atoms with Crippen LogP contribution in [0.3, 0.4) is 0 Å². The highest BCUT2D eigenvalue weighted by Gasteiger charge is 2.26.